The van der Waals surface area contributed by atoms with Crippen molar-refractivity contribution in [3.8, 4) is 0 Å². The molecule has 0 bridgehead atoms. The standard InChI is InChI=1S/C18H17N/c1-12-8-10-15(11-9-12)19-18-14(3)13(2)16-6-4-5-7-17(16)18/h4-11,13H,3H2,1-2H3. The second kappa shape index (κ2) is 4.51. The van der Waals surface area contributed by atoms with E-state index in [1.54, 1.807) is 0 Å². The number of hydrogen-bond acceptors (Lipinski definition) is 1. The maximum absolute atomic E-state index is 4.79. The van der Waals surface area contributed by atoms with Gasteiger partial charge in [0.05, 0.1) is 11.4 Å². The number of benzene rings is 2. The Morgan fingerprint density at radius 3 is 2.42 bits per heavy atom. The Kier molecular flexibility index (Phi) is 2.83. The Bertz CT molecular complexity index is 662. The second-order valence-electron chi connectivity index (χ2n) is 5.13. The van der Waals surface area contributed by atoms with Gasteiger partial charge in [0.25, 0.3) is 0 Å². The van der Waals surface area contributed by atoms with Crippen LogP contribution in [0.3, 0.4) is 0 Å². The lowest BCUT2D eigenvalue weighted by molar-refractivity contribution is 0.965. The van der Waals surface area contributed by atoms with Crippen molar-refractivity contribution >= 4 is 11.4 Å². The van der Waals surface area contributed by atoms with Crippen LogP contribution in [0.5, 0.6) is 0 Å². The minimum absolute atomic E-state index is 0.361. The van der Waals surface area contributed by atoms with Crippen molar-refractivity contribution in [1.82, 2.24) is 0 Å². The van der Waals surface area contributed by atoms with Gasteiger partial charge in [-0.05, 0) is 30.2 Å². The largest absolute Gasteiger partial charge is 0.248 e. The molecule has 0 heterocycles. The smallest absolute Gasteiger partial charge is 0.0744 e. The summed E-state index contributed by atoms with van der Waals surface area (Å²) in [7, 11) is 0. The van der Waals surface area contributed by atoms with E-state index in [1.165, 1.54) is 16.7 Å². The minimum atomic E-state index is 0.361. The number of rotatable bonds is 1. The van der Waals surface area contributed by atoms with Crippen LogP contribution in [0.2, 0.25) is 0 Å². The lowest BCUT2D eigenvalue weighted by Gasteiger charge is -2.03. The van der Waals surface area contributed by atoms with Gasteiger partial charge in [0.1, 0.15) is 0 Å². The van der Waals surface area contributed by atoms with E-state index in [4.69, 9.17) is 4.99 Å². The fraction of sp³-hybridized carbons (Fsp3) is 0.167. The number of aryl methyl sites for hydroxylation is 1. The van der Waals surface area contributed by atoms with E-state index in [1.807, 2.05) is 0 Å². The molecule has 0 saturated heterocycles. The second-order valence-corrected chi connectivity index (χ2v) is 5.13. The molecule has 0 aliphatic heterocycles. The molecule has 0 amide bonds. The van der Waals surface area contributed by atoms with Crippen LogP contribution < -0.4 is 0 Å². The van der Waals surface area contributed by atoms with Gasteiger partial charge in [0.2, 0.25) is 0 Å². The zero-order valence-corrected chi connectivity index (χ0v) is 11.4. The number of allylic oxidation sites excluding steroid dienone is 1. The van der Waals surface area contributed by atoms with Crippen LogP contribution in [-0.2, 0) is 0 Å². The summed E-state index contributed by atoms with van der Waals surface area (Å²) in [6.45, 7) is 8.49. The highest BCUT2D eigenvalue weighted by Gasteiger charge is 2.27. The molecule has 1 unspecified atom stereocenters. The first-order chi connectivity index (χ1) is 9.16. The summed E-state index contributed by atoms with van der Waals surface area (Å²) in [6.07, 6.45) is 0. The maximum atomic E-state index is 4.79. The van der Waals surface area contributed by atoms with Gasteiger partial charge < -0.3 is 0 Å². The lowest BCUT2D eigenvalue weighted by atomic mass is 10.0. The first kappa shape index (κ1) is 11.9. The van der Waals surface area contributed by atoms with Crippen LogP contribution in [0.1, 0.15) is 29.5 Å². The van der Waals surface area contributed by atoms with Gasteiger partial charge in [-0.25, -0.2) is 4.99 Å². The summed E-state index contributed by atoms with van der Waals surface area (Å²) in [5, 5.41) is 0. The lowest BCUT2D eigenvalue weighted by Crippen LogP contribution is -1.97. The molecule has 0 fully saturated rings. The zero-order valence-electron chi connectivity index (χ0n) is 11.4. The average molecular weight is 247 g/mol. The van der Waals surface area contributed by atoms with Crippen molar-refractivity contribution in [2.75, 3.05) is 0 Å². The van der Waals surface area contributed by atoms with Crippen LogP contribution in [0.25, 0.3) is 0 Å². The molecule has 1 nitrogen and oxygen atoms in total. The van der Waals surface area contributed by atoms with Gasteiger partial charge in [-0.1, -0.05) is 55.5 Å². The Morgan fingerprint density at radius 2 is 1.68 bits per heavy atom. The number of aliphatic imine (C=N–C) groups is 1. The maximum Gasteiger partial charge on any atom is 0.0744 e. The molecular weight excluding hydrogens is 230 g/mol. The zero-order chi connectivity index (χ0) is 13.4. The first-order valence-electron chi connectivity index (χ1n) is 6.60. The summed E-state index contributed by atoms with van der Waals surface area (Å²) in [4.78, 5) is 4.79. The van der Waals surface area contributed by atoms with Gasteiger partial charge in [-0.2, -0.15) is 0 Å². The van der Waals surface area contributed by atoms with Crippen LogP contribution >= 0.6 is 0 Å². The molecule has 1 aliphatic carbocycles. The Hall–Kier alpha value is -2.15. The fourth-order valence-corrected chi connectivity index (χ4v) is 2.54. The van der Waals surface area contributed by atoms with Crippen molar-refractivity contribution in [2.24, 2.45) is 4.99 Å². The van der Waals surface area contributed by atoms with Crippen molar-refractivity contribution < 1.29 is 0 Å². The Morgan fingerprint density at radius 1 is 1.00 bits per heavy atom. The van der Waals surface area contributed by atoms with E-state index in [2.05, 4.69) is 69.0 Å². The molecule has 0 saturated carbocycles. The molecular formula is C18H17N. The minimum Gasteiger partial charge on any atom is -0.248 e. The van der Waals surface area contributed by atoms with E-state index >= 15 is 0 Å². The van der Waals surface area contributed by atoms with Crippen LogP contribution in [0.15, 0.2) is 65.7 Å². The SMILES string of the molecule is C=C1C(=Nc2ccc(C)cc2)c2ccccc2C1C. The fourth-order valence-electron chi connectivity index (χ4n) is 2.54. The first-order valence-corrected chi connectivity index (χ1v) is 6.60. The van der Waals surface area contributed by atoms with E-state index in [0.29, 0.717) is 5.92 Å². The molecule has 1 atom stereocenters. The average Bonchev–Trinajstić information content (AvgIpc) is 2.67. The molecule has 0 radical (unpaired) electrons. The monoisotopic (exact) mass is 247 g/mol. The van der Waals surface area contributed by atoms with Gasteiger partial charge in [0.15, 0.2) is 0 Å². The number of nitrogens with zero attached hydrogens (tertiary/aromatic N) is 1. The molecule has 19 heavy (non-hydrogen) atoms. The van der Waals surface area contributed by atoms with E-state index in [9.17, 15) is 0 Å². The summed E-state index contributed by atoms with van der Waals surface area (Å²) in [5.74, 6) is 0.361. The number of hydrogen-bond donors (Lipinski definition) is 0. The molecule has 3 rings (SSSR count). The molecule has 2 aromatic carbocycles. The van der Waals surface area contributed by atoms with Crippen molar-refractivity contribution in [1.29, 1.82) is 0 Å². The third-order valence-electron chi connectivity index (χ3n) is 3.78. The van der Waals surface area contributed by atoms with Gasteiger partial charge in [0, 0.05) is 11.5 Å². The molecule has 0 spiro atoms. The van der Waals surface area contributed by atoms with Gasteiger partial charge >= 0.3 is 0 Å². The summed E-state index contributed by atoms with van der Waals surface area (Å²) in [6, 6.07) is 16.7. The van der Waals surface area contributed by atoms with Gasteiger partial charge in [-0.15, -0.1) is 0 Å². The van der Waals surface area contributed by atoms with Crippen molar-refractivity contribution in [2.45, 2.75) is 19.8 Å². The predicted molar refractivity (Wildman–Crippen MR) is 81.4 cm³/mol. The number of fused-ring (bicyclic) bond motifs is 1. The quantitative estimate of drug-likeness (QED) is 0.687. The molecule has 0 aromatic heterocycles. The normalized spacial score (nSPS) is 19.8. The van der Waals surface area contributed by atoms with Crippen molar-refractivity contribution in [3.05, 3.63) is 77.4 Å². The predicted octanol–water partition coefficient (Wildman–Crippen LogP) is 4.79. The molecule has 94 valence electrons. The van der Waals surface area contributed by atoms with Crippen LogP contribution in [0.4, 0.5) is 5.69 Å². The summed E-state index contributed by atoms with van der Waals surface area (Å²) in [5.41, 5.74) is 6.95. The Balaban J connectivity index is 2.10. The summed E-state index contributed by atoms with van der Waals surface area (Å²) >= 11 is 0. The van der Waals surface area contributed by atoms with E-state index in [-0.39, 0.29) is 0 Å². The van der Waals surface area contributed by atoms with E-state index in [0.717, 1.165) is 17.0 Å². The highest BCUT2D eigenvalue weighted by molar-refractivity contribution is 6.18. The topological polar surface area (TPSA) is 12.4 Å². The van der Waals surface area contributed by atoms with E-state index < -0.39 is 0 Å². The van der Waals surface area contributed by atoms with Crippen molar-refractivity contribution in [3.63, 3.8) is 0 Å². The van der Waals surface area contributed by atoms with Crippen LogP contribution in [-0.4, -0.2) is 5.71 Å². The van der Waals surface area contributed by atoms with Crippen LogP contribution in [0, 0.1) is 6.92 Å². The highest BCUT2D eigenvalue weighted by Crippen LogP contribution is 2.37. The molecule has 2 aromatic rings. The third-order valence-corrected chi connectivity index (χ3v) is 3.78. The molecule has 1 heteroatoms. The Labute approximate surface area is 114 Å². The molecule has 0 N–H and O–H groups in total. The van der Waals surface area contributed by atoms with Gasteiger partial charge in [-0.3, -0.25) is 0 Å². The summed E-state index contributed by atoms with van der Waals surface area (Å²) < 4.78 is 0. The highest BCUT2D eigenvalue weighted by atomic mass is 14.8. The third kappa shape index (κ3) is 2.01. The molecule has 1 aliphatic rings.